The van der Waals surface area contributed by atoms with Crippen molar-refractivity contribution in [2.75, 3.05) is 18.8 Å². The van der Waals surface area contributed by atoms with Crippen molar-refractivity contribution in [3.05, 3.63) is 42.2 Å². The van der Waals surface area contributed by atoms with E-state index in [2.05, 4.69) is 6.92 Å². The summed E-state index contributed by atoms with van der Waals surface area (Å²) in [7, 11) is 0. The first-order chi connectivity index (χ1) is 10.1. The molecule has 1 aromatic heterocycles. The summed E-state index contributed by atoms with van der Waals surface area (Å²) in [6, 6.07) is 11.0. The largest absolute Gasteiger partial charge is 0.451 e. The van der Waals surface area contributed by atoms with E-state index in [-0.39, 0.29) is 5.91 Å². The van der Waals surface area contributed by atoms with E-state index in [9.17, 15) is 4.79 Å². The highest BCUT2D eigenvalue weighted by Crippen LogP contribution is 2.25. The molecule has 1 amide bonds. The third-order valence-electron chi connectivity index (χ3n) is 3.96. The molecule has 1 unspecified atom stereocenters. The molecule has 110 valence electrons. The number of amides is 1. The van der Waals surface area contributed by atoms with Crippen molar-refractivity contribution in [2.45, 2.75) is 19.8 Å². The molecule has 1 atom stereocenters. The number of rotatable bonds is 2. The highest BCUT2D eigenvalue weighted by atomic mass is 16.4. The highest BCUT2D eigenvalue weighted by Gasteiger charge is 2.24. The van der Waals surface area contributed by atoms with E-state index in [1.807, 2.05) is 35.2 Å². The maximum atomic E-state index is 12.5. The van der Waals surface area contributed by atoms with Crippen LogP contribution in [0.2, 0.25) is 0 Å². The summed E-state index contributed by atoms with van der Waals surface area (Å²) in [6.45, 7) is 3.82. The summed E-state index contributed by atoms with van der Waals surface area (Å²) in [6.07, 6.45) is 2.26. The zero-order valence-corrected chi connectivity index (χ0v) is 12.2. The lowest BCUT2D eigenvalue weighted by Crippen LogP contribution is -2.38. The lowest BCUT2D eigenvalue weighted by molar-refractivity contribution is 0.0652. The van der Waals surface area contributed by atoms with Gasteiger partial charge in [-0.1, -0.05) is 6.92 Å². The molecule has 2 aromatic rings. The van der Waals surface area contributed by atoms with Gasteiger partial charge in [-0.25, -0.2) is 0 Å². The minimum Gasteiger partial charge on any atom is -0.451 e. The van der Waals surface area contributed by atoms with Gasteiger partial charge in [0.15, 0.2) is 5.76 Å². The summed E-state index contributed by atoms with van der Waals surface area (Å²) < 4.78 is 5.73. The van der Waals surface area contributed by atoms with Crippen LogP contribution in [0.15, 0.2) is 40.8 Å². The van der Waals surface area contributed by atoms with Gasteiger partial charge in [0, 0.05) is 24.3 Å². The number of hydrogen-bond donors (Lipinski definition) is 1. The standard InChI is InChI=1S/C17H20N2O2/c1-12-3-2-10-19(11-12)17(20)16-9-8-15(21-16)13-4-6-14(18)7-5-13/h4-9,12H,2-3,10-11,18H2,1H3. The van der Waals surface area contributed by atoms with Crippen molar-refractivity contribution in [1.82, 2.24) is 4.90 Å². The summed E-state index contributed by atoms with van der Waals surface area (Å²) in [5.74, 6) is 1.66. The smallest absolute Gasteiger partial charge is 0.289 e. The van der Waals surface area contributed by atoms with Crippen molar-refractivity contribution in [3.63, 3.8) is 0 Å². The van der Waals surface area contributed by atoms with Gasteiger partial charge in [0.2, 0.25) is 0 Å². The minimum absolute atomic E-state index is 0.0109. The van der Waals surface area contributed by atoms with Crippen molar-refractivity contribution in [1.29, 1.82) is 0 Å². The van der Waals surface area contributed by atoms with Crippen LogP contribution in [0.1, 0.15) is 30.3 Å². The second-order valence-corrected chi connectivity index (χ2v) is 5.78. The fourth-order valence-electron chi connectivity index (χ4n) is 2.79. The fourth-order valence-corrected chi connectivity index (χ4v) is 2.79. The molecule has 2 heterocycles. The average Bonchev–Trinajstić information content (AvgIpc) is 2.97. The molecule has 1 aliphatic rings. The zero-order chi connectivity index (χ0) is 14.8. The first-order valence-corrected chi connectivity index (χ1v) is 7.38. The molecule has 21 heavy (non-hydrogen) atoms. The van der Waals surface area contributed by atoms with Gasteiger partial charge in [0.25, 0.3) is 5.91 Å². The van der Waals surface area contributed by atoms with Crippen molar-refractivity contribution in [2.24, 2.45) is 5.92 Å². The van der Waals surface area contributed by atoms with Crippen LogP contribution in [0.5, 0.6) is 0 Å². The third-order valence-corrected chi connectivity index (χ3v) is 3.96. The van der Waals surface area contributed by atoms with Crippen LogP contribution in [0.25, 0.3) is 11.3 Å². The Labute approximate surface area is 124 Å². The molecule has 0 saturated carbocycles. The number of carbonyl (C=O) groups is 1. The SMILES string of the molecule is CC1CCCN(C(=O)c2ccc(-c3ccc(N)cc3)o2)C1. The Hall–Kier alpha value is -2.23. The Balaban J connectivity index is 1.78. The second-order valence-electron chi connectivity index (χ2n) is 5.78. The molecule has 4 heteroatoms. The van der Waals surface area contributed by atoms with Crippen LogP contribution in [0.3, 0.4) is 0 Å². The van der Waals surface area contributed by atoms with Crippen molar-refractivity contribution in [3.8, 4) is 11.3 Å². The van der Waals surface area contributed by atoms with E-state index in [4.69, 9.17) is 10.2 Å². The molecule has 0 aliphatic carbocycles. The Bertz CT molecular complexity index is 630. The summed E-state index contributed by atoms with van der Waals surface area (Å²) in [4.78, 5) is 14.3. The molecule has 1 saturated heterocycles. The van der Waals surface area contributed by atoms with Crippen LogP contribution in [-0.2, 0) is 0 Å². The predicted molar refractivity (Wildman–Crippen MR) is 82.9 cm³/mol. The van der Waals surface area contributed by atoms with Crippen LogP contribution in [0.4, 0.5) is 5.69 Å². The van der Waals surface area contributed by atoms with Gasteiger partial charge in [-0.15, -0.1) is 0 Å². The number of anilines is 1. The Morgan fingerprint density at radius 2 is 2.00 bits per heavy atom. The number of nitrogens with zero attached hydrogens (tertiary/aromatic N) is 1. The van der Waals surface area contributed by atoms with Crippen molar-refractivity contribution >= 4 is 11.6 Å². The van der Waals surface area contributed by atoms with Gasteiger partial charge in [0.1, 0.15) is 5.76 Å². The molecule has 3 rings (SSSR count). The van der Waals surface area contributed by atoms with Crippen LogP contribution in [-0.4, -0.2) is 23.9 Å². The number of piperidine rings is 1. The van der Waals surface area contributed by atoms with E-state index >= 15 is 0 Å². The first-order valence-electron chi connectivity index (χ1n) is 7.38. The Morgan fingerprint density at radius 3 is 2.71 bits per heavy atom. The molecule has 0 radical (unpaired) electrons. The molecular weight excluding hydrogens is 264 g/mol. The monoisotopic (exact) mass is 284 g/mol. The molecule has 2 N–H and O–H groups in total. The highest BCUT2D eigenvalue weighted by molar-refractivity contribution is 5.92. The summed E-state index contributed by atoms with van der Waals surface area (Å²) in [5, 5.41) is 0. The molecule has 0 bridgehead atoms. The predicted octanol–water partition coefficient (Wildman–Crippen LogP) is 3.40. The fraction of sp³-hybridized carbons (Fsp3) is 0.353. The Kier molecular flexibility index (Phi) is 3.69. The molecule has 4 nitrogen and oxygen atoms in total. The van der Waals surface area contributed by atoms with Gasteiger partial charge in [-0.05, 0) is 55.2 Å². The van der Waals surface area contributed by atoms with Gasteiger partial charge >= 0.3 is 0 Å². The number of nitrogens with two attached hydrogens (primary N) is 1. The van der Waals surface area contributed by atoms with E-state index in [0.717, 1.165) is 25.1 Å². The van der Waals surface area contributed by atoms with E-state index in [1.165, 1.54) is 6.42 Å². The number of benzene rings is 1. The Morgan fingerprint density at radius 1 is 1.24 bits per heavy atom. The van der Waals surface area contributed by atoms with E-state index in [1.54, 1.807) is 6.07 Å². The van der Waals surface area contributed by atoms with Gasteiger partial charge in [-0.3, -0.25) is 4.79 Å². The topological polar surface area (TPSA) is 59.5 Å². The van der Waals surface area contributed by atoms with Gasteiger partial charge in [-0.2, -0.15) is 0 Å². The molecule has 1 aliphatic heterocycles. The maximum absolute atomic E-state index is 12.5. The van der Waals surface area contributed by atoms with Gasteiger partial charge in [0.05, 0.1) is 0 Å². The zero-order valence-electron chi connectivity index (χ0n) is 12.2. The normalized spacial score (nSPS) is 18.7. The number of carbonyl (C=O) groups excluding carboxylic acids is 1. The number of nitrogen functional groups attached to an aromatic ring is 1. The lowest BCUT2D eigenvalue weighted by atomic mass is 10.0. The summed E-state index contributed by atoms with van der Waals surface area (Å²) in [5.41, 5.74) is 7.32. The average molecular weight is 284 g/mol. The van der Waals surface area contributed by atoms with Crippen molar-refractivity contribution < 1.29 is 9.21 Å². The maximum Gasteiger partial charge on any atom is 0.289 e. The minimum atomic E-state index is -0.0109. The van der Waals surface area contributed by atoms with E-state index in [0.29, 0.717) is 23.1 Å². The molecular formula is C17H20N2O2. The molecule has 0 spiro atoms. The number of hydrogen-bond acceptors (Lipinski definition) is 3. The van der Waals surface area contributed by atoms with Gasteiger partial charge < -0.3 is 15.1 Å². The lowest BCUT2D eigenvalue weighted by Gasteiger charge is -2.30. The molecule has 1 aromatic carbocycles. The van der Waals surface area contributed by atoms with Crippen LogP contribution >= 0.6 is 0 Å². The molecule has 1 fully saturated rings. The summed E-state index contributed by atoms with van der Waals surface area (Å²) >= 11 is 0. The van der Waals surface area contributed by atoms with Crippen LogP contribution in [0, 0.1) is 5.92 Å². The second kappa shape index (κ2) is 5.64. The number of likely N-dealkylation sites (tertiary alicyclic amines) is 1. The van der Waals surface area contributed by atoms with E-state index < -0.39 is 0 Å². The quantitative estimate of drug-likeness (QED) is 0.860. The third kappa shape index (κ3) is 2.94. The first kappa shape index (κ1) is 13.7. The van der Waals surface area contributed by atoms with Crippen LogP contribution < -0.4 is 5.73 Å². The number of furan rings is 1.